The molecule has 11 heteroatoms. The number of esters is 1. The van der Waals surface area contributed by atoms with E-state index in [2.05, 4.69) is 43.5 Å². The molecule has 0 spiro atoms. The summed E-state index contributed by atoms with van der Waals surface area (Å²) in [6.07, 6.45) is 43.6. The van der Waals surface area contributed by atoms with Gasteiger partial charge in [-0.2, -0.15) is 0 Å². The number of unbranched alkanes of at least 4 members (excludes halogenated alkanes) is 28. The largest absolute Gasteiger partial charge is 0.466 e. The Labute approximate surface area is 403 Å². The Hall–Kier alpha value is -2.12. The Morgan fingerprint density at radius 3 is 1.55 bits per heavy atom. The molecule has 0 radical (unpaired) electrons. The molecular formula is C55H101NO10. The fourth-order valence-electron chi connectivity index (χ4n) is 8.31. The molecule has 0 saturated carbocycles. The molecule has 1 amide bonds. The first kappa shape index (κ1) is 61.9. The topological polar surface area (TPSA) is 175 Å². The molecule has 7 unspecified atom stereocenters. The number of carbonyl (C=O) groups is 2. The molecular weight excluding hydrogens is 835 g/mol. The maximum absolute atomic E-state index is 13.0. The van der Waals surface area contributed by atoms with Gasteiger partial charge in [0.25, 0.3) is 0 Å². The van der Waals surface area contributed by atoms with Crippen LogP contribution in [0.25, 0.3) is 0 Å². The first-order valence-electron chi connectivity index (χ1n) is 27.3. The van der Waals surface area contributed by atoms with Crippen LogP contribution in [0.5, 0.6) is 0 Å². The molecule has 7 atom stereocenters. The fraction of sp³-hybridized carbons (Fsp3) is 0.855. The van der Waals surface area contributed by atoms with E-state index in [0.29, 0.717) is 19.4 Å². The maximum atomic E-state index is 13.0. The van der Waals surface area contributed by atoms with Crippen molar-refractivity contribution in [3.63, 3.8) is 0 Å². The fourth-order valence-corrected chi connectivity index (χ4v) is 8.31. The Balaban J connectivity index is 2.18. The van der Waals surface area contributed by atoms with Gasteiger partial charge in [0.2, 0.25) is 5.91 Å². The molecule has 1 saturated heterocycles. The summed E-state index contributed by atoms with van der Waals surface area (Å²) in [7, 11) is 0. The van der Waals surface area contributed by atoms with E-state index in [0.717, 1.165) is 70.6 Å². The monoisotopic (exact) mass is 936 g/mol. The molecule has 0 aromatic carbocycles. The van der Waals surface area contributed by atoms with E-state index < -0.39 is 49.5 Å². The van der Waals surface area contributed by atoms with Crippen molar-refractivity contribution in [1.29, 1.82) is 0 Å². The highest BCUT2D eigenvalue weighted by atomic mass is 16.7. The zero-order valence-electron chi connectivity index (χ0n) is 42.2. The number of hydrogen-bond donors (Lipinski definition) is 6. The average molecular weight is 936 g/mol. The summed E-state index contributed by atoms with van der Waals surface area (Å²) in [6, 6.07) is -0.835. The van der Waals surface area contributed by atoms with Crippen molar-refractivity contribution in [3.05, 3.63) is 36.5 Å². The molecule has 1 rings (SSSR count). The van der Waals surface area contributed by atoms with Gasteiger partial charge in [-0.15, -0.1) is 0 Å². The van der Waals surface area contributed by atoms with Gasteiger partial charge in [0.05, 0.1) is 32.0 Å². The Morgan fingerprint density at radius 2 is 1.00 bits per heavy atom. The second kappa shape index (κ2) is 45.3. The summed E-state index contributed by atoms with van der Waals surface area (Å²) in [6.45, 7) is 4.23. The van der Waals surface area contributed by atoms with E-state index in [4.69, 9.17) is 14.2 Å². The second-order valence-electron chi connectivity index (χ2n) is 18.9. The van der Waals surface area contributed by atoms with Gasteiger partial charge in [-0.25, -0.2) is 0 Å². The quantitative estimate of drug-likeness (QED) is 0.0196. The lowest BCUT2D eigenvalue weighted by atomic mass is 9.99. The SMILES string of the molecule is CCCC/C=C\CCCCCCCC(=O)OCCCCCCCCCCCCCCCCC(=O)NC(COC1OC(CO)C(O)C(O)C1O)C(O)/C=C/CC/C=C/CCCCCCCCC. The number of carbonyl (C=O) groups excluding carboxylic acids is 2. The summed E-state index contributed by atoms with van der Waals surface area (Å²) in [5, 5.41) is 54.3. The minimum absolute atomic E-state index is 0.0353. The third-order valence-electron chi connectivity index (χ3n) is 12.7. The van der Waals surface area contributed by atoms with E-state index in [-0.39, 0.29) is 18.5 Å². The van der Waals surface area contributed by atoms with Crippen LogP contribution in [-0.4, -0.2) is 100 Å². The third-order valence-corrected chi connectivity index (χ3v) is 12.7. The minimum Gasteiger partial charge on any atom is -0.466 e. The van der Waals surface area contributed by atoms with Gasteiger partial charge < -0.3 is 45.1 Å². The molecule has 386 valence electrons. The Morgan fingerprint density at radius 1 is 0.545 bits per heavy atom. The number of ether oxygens (including phenoxy) is 3. The number of aliphatic hydroxyl groups excluding tert-OH is 5. The molecule has 1 aliphatic rings. The lowest BCUT2D eigenvalue weighted by Gasteiger charge is -2.40. The number of rotatable bonds is 46. The highest BCUT2D eigenvalue weighted by Gasteiger charge is 2.44. The van der Waals surface area contributed by atoms with Crippen LogP contribution in [0.3, 0.4) is 0 Å². The highest BCUT2D eigenvalue weighted by Crippen LogP contribution is 2.23. The van der Waals surface area contributed by atoms with Crippen molar-refractivity contribution in [1.82, 2.24) is 5.32 Å². The average Bonchev–Trinajstić information content (AvgIpc) is 3.31. The standard InChI is InChI=1S/C55H101NO10/c1-3-5-7-9-11-13-15-18-22-25-29-33-37-41-48(58)47(46-65-55-54(63)53(62)52(61)49(45-57)66-55)56-50(59)42-38-34-30-26-23-19-16-17-20-24-28-32-36-40-44-64-51(60)43-39-35-31-27-21-14-12-10-8-6-4-2/h10,12,22,25,37,41,47-49,52-55,57-58,61-63H,3-9,11,13-21,23-24,26-36,38-40,42-46H2,1-2H3,(H,56,59)/b12-10-,25-22+,41-37+. The van der Waals surface area contributed by atoms with Crippen LogP contribution in [0.4, 0.5) is 0 Å². The van der Waals surface area contributed by atoms with Gasteiger partial charge in [0.1, 0.15) is 24.4 Å². The van der Waals surface area contributed by atoms with Gasteiger partial charge in [-0.05, 0) is 64.2 Å². The van der Waals surface area contributed by atoms with Crippen molar-refractivity contribution in [2.45, 2.75) is 281 Å². The van der Waals surface area contributed by atoms with Crippen molar-refractivity contribution in [3.8, 4) is 0 Å². The first-order chi connectivity index (χ1) is 32.2. The van der Waals surface area contributed by atoms with Gasteiger partial charge in [0.15, 0.2) is 6.29 Å². The van der Waals surface area contributed by atoms with Crippen molar-refractivity contribution in [2.75, 3.05) is 19.8 Å². The zero-order chi connectivity index (χ0) is 48.1. The number of nitrogens with one attached hydrogen (secondary N) is 1. The summed E-state index contributed by atoms with van der Waals surface area (Å²) in [5.74, 6) is -0.239. The highest BCUT2D eigenvalue weighted by molar-refractivity contribution is 5.76. The number of hydrogen-bond acceptors (Lipinski definition) is 10. The van der Waals surface area contributed by atoms with Crippen LogP contribution in [-0.2, 0) is 23.8 Å². The molecule has 6 N–H and O–H groups in total. The van der Waals surface area contributed by atoms with Gasteiger partial charge in [-0.3, -0.25) is 9.59 Å². The lowest BCUT2D eigenvalue weighted by Crippen LogP contribution is -2.60. The summed E-state index contributed by atoms with van der Waals surface area (Å²) in [4.78, 5) is 25.0. The first-order valence-corrected chi connectivity index (χ1v) is 27.3. The Bertz CT molecular complexity index is 1190. The van der Waals surface area contributed by atoms with Crippen LogP contribution in [0.15, 0.2) is 36.5 Å². The molecule has 11 nitrogen and oxygen atoms in total. The molecule has 0 aromatic heterocycles. The maximum Gasteiger partial charge on any atom is 0.305 e. The number of allylic oxidation sites excluding steroid dienone is 5. The molecule has 66 heavy (non-hydrogen) atoms. The summed E-state index contributed by atoms with van der Waals surface area (Å²) >= 11 is 0. The predicted octanol–water partition coefficient (Wildman–Crippen LogP) is 11.6. The molecule has 0 aromatic rings. The second-order valence-corrected chi connectivity index (χ2v) is 18.9. The summed E-state index contributed by atoms with van der Waals surface area (Å²) < 4.78 is 16.6. The smallest absolute Gasteiger partial charge is 0.305 e. The molecule has 0 bridgehead atoms. The molecule has 0 aliphatic carbocycles. The van der Waals surface area contributed by atoms with E-state index in [1.807, 2.05) is 6.08 Å². The molecule has 1 aliphatic heterocycles. The van der Waals surface area contributed by atoms with Crippen LogP contribution >= 0.6 is 0 Å². The predicted molar refractivity (Wildman–Crippen MR) is 269 cm³/mol. The van der Waals surface area contributed by atoms with Crippen LogP contribution < -0.4 is 5.32 Å². The van der Waals surface area contributed by atoms with E-state index >= 15 is 0 Å². The van der Waals surface area contributed by atoms with Crippen LogP contribution in [0.2, 0.25) is 0 Å². The van der Waals surface area contributed by atoms with Gasteiger partial charge in [0, 0.05) is 12.8 Å². The lowest BCUT2D eigenvalue weighted by molar-refractivity contribution is -0.302. The van der Waals surface area contributed by atoms with Gasteiger partial charge >= 0.3 is 5.97 Å². The van der Waals surface area contributed by atoms with E-state index in [1.165, 1.54) is 141 Å². The van der Waals surface area contributed by atoms with Gasteiger partial charge in [-0.1, -0.05) is 198 Å². The molecule has 1 fully saturated rings. The molecule has 1 heterocycles. The van der Waals surface area contributed by atoms with E-state index in [1.54, 1.807) is 6.08 Å². The van der Waals surface area contributed by atoms with Crippen molar-refractivity contribution < 1.29 is 49.3 Å². The van der Waals surface area contributed by atoms with Crippen LogP contribution in [0.1, 0.15) is 239 Å². The van der Waals surface area contributed by atoms with E-state index in [9.17, 15) is 35.1 Å². The van der Waals surface area contributed by atoms with Crippen molar-refractivity contribution in [2.24, 2.45) is 0 Å². The minimum atomic E-state index is -1.58. The van der Waals surface area contributed by atoms with Crippen LogP contribution in [0, 0.1) is 0 Å². The normalized spacial score (nSPS) is 19.9. The zero-order valence-corrected chi connectivity index (χ0v) is 42.2. The number of aliphatic hydroxyl groups is 5. The third kappa shape index (κ3) is 35.1. The summed E-state index contributed by atoms with van der Waals surface area (Å²) in [5.41, 5.74) is 0. The number of amides is 1. The Kier molecular flexibility index (Phi) is 42.5. The van der Waals surface area contributed by atoms with Crippen molar-refractivity contribution >= 4 is 11.9 Å².